The Morgan fingerprint density at radius 2 is 1.92 bits per heavy atom. The van der Waals surface area contributed by atoms with E-state index in [0.717, 1.165) is 23.6 Å². The van der Waals surface area contributed by atoms with Gasteiger partial charge in [-0.25, -0.2) is 4.39 Å². The number of aromatic hydroxyl groups is 1. The number of hydrogen-bond donors (Lipinski definition) is 1. The van der Waals surface area contributed by atoms with Gasteiger partial charge in [-0.05, 0) is 48.9 Å². The maximum absolute atomic E-state index is 13.9. The van der Waals surface area contributed by atoms with Gasteiger partial charge in [-0.2, -0.15) is 0 Å². The first-order valence-corrected chi connectivity index (χ1v) is 8.42. The standard InChI is InChI=1S/C19H18FN3O2/c20-15-3-1-2-4-18(15)25-19-6-5-16(22-23-19)14-9-13-11-21-8-7-12(13)10-17(14)24/h5-11,15,18,24H,1-4H2/t15-,18+/m0/s1. The van der Waals surface area contributed by atoms with Gasteiger partial charge in [0, 0.05) is 29.4 Å². The molecule has 0 amide bonds. The van der Waals surface area contributed by atoms with E-state index in [1.807, 2.05) is 12.1 Å². The number of ether oxygens (including phenoxy) is 1. The topological polar surface area (TPSA) is 68.1 Å². The summed E-state index contributed by atoms with van der Waals surface area (Å²) in [7, 11) is 0. The van der Waals surface area contributed by atoms with Crippen molar-refractivity contribution < 1.29 is 14.2 Å². The van der Waals surface area contributed by atoms with Gasteiger partial charge in [0.25, 0.3) is 0 Å². The average molecular weight is 339 g/mol. The zero-order chi connectivity index (χ0) is 17.2. The fraction of sp³-hybridized carbons (Fsp3) is 0.316. The maximum atomic E-state index is 13.9. The Kier molecular flexibility index (Phi) is 4.17. The van der Waals surface area contributed by atoms with Gasteiger partial charge >= 0.3 is 0 Å². The van der Waals surface area contributed by atoms with Crippen LogP contribution in [0, 0.1) is 0 Å². The summed E-state index contributed by atoms with van der Waals surface area (Å²) in [5.74, 6) is 0.429. The number of halogens is 1. The molecule has 6 heteroatoms. The molecule has 0 saturated heterocycles. The van der Waals surface area contributed by atoms with Crippen LogP contribution < -0.4 is 4.74 Å². The molecule has 2 aromatic heterocycles. The summed E-state index contributed by atoms with van der Waals surface area (Å²) in [4.78, 5) is 4.09. The first-order chi connectivity index (χ1) is 12.2. The summed E-state index contributed by atoms with van der Waals surface area (Å²) in [6.07, 6.45) is 5.11. The molecule has 2 atom stereocenters. The van der Waals surface area contributed by atoms with E-state index < -0.39 is 12.3 Å². The number of nitrogens with zero attached hydrogens (tertiary/aromatic N) is 3. The maximum Gasteiger partial charge on any atom is 0.233 e. The van der Waals surface area contributed by atoms with Crippen molar-refractivity contribution in [3.05, 3.63) is 42.7 Å². The van der Waals surface area contributed by atoms with Gasteiger partial charge in [0.2, 0.25) is 5.88 Å². The molecule has 4 rings (SSSR count). The molecular formula is C19H18FN3O2. The van der Waals surface area contributed by atoms with Gasteiger partial charge in [-0.1, -0.05) is 6.42 Å². The van der Waals surface area contributed by atoms with Crippen molar-refractivity contribution >= 4 is 10.8 Å². The summed E-state index contributed by atoms with van der Waals surface area (Å²) >= 11 is 0. The van der Waals surface area contributed by atoms with Gasteiger partial charge in [0.1, 0.15) is 18.0 Å². The molecule has 1 saturated carbocycles. The second-order valence-corrected chi connectivity index (χ2v) is 6.31. The largest absolute Gasteiger partial charge is 0.507 e. The van der Waals surface area contributed by atoms with Crippen LogP contribution >= 0.6 is 0 Å². The molecule has 5 nitrogen and oxygen atoms in total. The fourth-order valence-corrected chi connectivity index (χ4v) is 3.20. The lowest BCUT2D eigenvalue weighted by Gasteiger charge is -2.25. The van der Waals surface area contributed by atoms with E-state index in [0.29, 0.717) is 30.0 Å². The van der Waals surface area contributed by atoms with Gasteiger partial charge in [-0.15, -0.1) is 10.2 Å². The molecule has 0 aliphatic heterocycles. The second kappa shape index (κ2) is 6.63. The predicted molar refractivity (Wildman–Crippen MR) is 92.2 cm³/mol. The Bertz CT molecular complexity index is 885. The number of alkyl halides is 1. The van der Waals surface area contributed by atoms with Crippen molar-refractivity contribution in [3.63, 3.8) is 0 Å². The molecule has 1 N–H and O–H groups in total. The molecule has 0 bridgehead atoms. The summed E-state index contributed by atoms with van der Waals surface area (Å²) in [5, 5.41) is 20.2. The highest BCUT2D eigenvalue weighted by molar-refractivity contribution is 5.89. The molecule has 2 heterocycles. The Morgan fingerprint density at radius 1 is 1.04 bits per heavy atom. The lowest BCUT2D eigenvalue weighted by atomic mass is 9.96. The zero-order valence-corrected chi connectivity index (χ0v) is 13.6. The quantitative estimate of drug-likeness (QED) is 0.779. The van der Waals surface area contributed by atoms with E-state index >= 15 is 0 Å². The number of benzene rings is 1. The lowest BCUT2D eigenvalue weighted by molar-refractivity contribution is 0.0594. The number of phenolic OH excluding ortho intramolecular Hbond substituents is 1. The lowest BCUT2D eigenvalue weighted by Crippen LogP contribution is -2.32. The summed E-state index contributed by atoms with van der Waals surface area (Å²) in [5.41, 5.74) is 1.09. The van der Waals surface area contributed by atoms with Crippen molar-refractivity contribution in [1.29, 1.82) is 0 Å². The van der Waals surface area contributed by atoms with Crippen molar-refractivity contribution in [3.8, 4) is 22.9 Å². The minimum absolute atomic E-state index is 0.123. The Hall–Kier alpha value is -2.76. The van der Waals surface area contributed by atoms with Crippen molar-refractivity contribution in [1.82, 2.24) is 15.2 Å². The van der Waals surface area contributed by atoms with Crippen LogP contribution in [-0.4, -0.2) is 32.6 Å². The predicted octanol–water partition coefficient (Wildman–Crippen LogP) is 4.06. The van der Waals surface area contributed by atoms with Crippen LogP contribution in [0.25, 0.3) is 22.0 Å². The smallest absolute Gasteiger partial charge is 0.233 e. The van der Waals surface area contributed by atoms with Crippen molar-refractivity contribution in [2.45, 2.75) is 38.0 Å². The molecule has 1 fully saturated rings. The highest BCUT2D eigenvalue weighted by Gasteiger charge is 2.26. The minimum atomic E-state index is -0.952. The molecule has 1 aliphatic rings. The number of hydrogen-bond acceptors (Lipinski definition) is 5. The van der Waals surface area contributed by atoms with Gasteiger partial charge in [0.15, 0.2) is 0 Å². The Labute approximate surface area is 144 Å². The van der Waals surface area contributed by atoms with Crippen LogP contribution in [0.4, 0.5) is 4.39 Å². The first-order valence-electron chi connectivity index (χ1n) is 8.42. The van der Waals surface area contributed by atoms with Gasteiger partial charge < -0.3 is 9.84 Å². The number of phenols is 1. The Morgan fingerprint density at radius 3 is 2.72 bits per heavy atom. The van der Waals surface area contributed by atoms with E-state index in [9.17, 15) is 9.50 Å². The van der Waals surface area contributed by atoms with Crippen LogP contribution in [0.3, 0.4) is 0 Å². The number of fused-ring (bicyclic) bond motifs is 1. The minimum Gasteiger partial charge on any atom is -0.507 e. The molecule has 3 aromatic rings. The molecule has 0 spiro atoms. The third-order valence-corrected chi connectivity index (χ3v) is 4.57. The van der Waals surface area contributed by atoms with Crippen LogP contribution in [0.1, 0.15) is 25.7 Å². The highest BCUT2D eigenvalue weighted by Crippen LogP contribution is 2.32. The average Bonchev–Trinajstić information content (AvgIpc) is 2.64. The molecule has 25 heavy (non-hydrogen) atoms. The first kappa shape index (κ1) is 15.7. The van der Waals surface area contributed by atoms with E-state index in [4.69, 9.17) is 4.74 Å². The molecule has 1 aromatic carbocycles. The summed E-state index contributed by atoms with van der Waals surface area (Å²) < 4.78 is 19.5. The SMILES string of the molecule is Oc1cc2ccncc2cc1-c1ccc(O[C@@H]2CCCC[C@@H]2F)nn1. The molecule has 0 radical (unpaired) electrons. The monoisotopic (exact) mass is 339 g/mol. The highest BCUT2D eigenvalue weighted by atomic mass is 19.1. The van der Waals surface area contributed by atoms with E-state index in [2.05, 4.69) is 15.2 Å². The zero-order valence-electron chi connectivity index (χ0n) is 13.6. The summed E-state index contributed by atoms with van der Waals surface area (Å²) in [6.45, 7) is 0. The number of pyridine rings is 1. The van der Waals surface area contributed by atoms with Crippen LogP contribution in [0.15, 0.2) is 42.7 Å². The Balaban J connectivity index is 1.58. The van der Waals surface area contributed by atoms with Crippen LogP contribution in [0.5, 0.6) is 11.6 Å². The normalized spacial score (nSPS) is 20.5. The van der Waals surface area contributed by atoms with Gasteiger partial charge in [-0.3, -0.25) is 4.98 Å². The third-order valence-electron chi connectivity index (χ3n) is 4.57. The molecular weight excluding hydrogens is 321 g/mol. The van der Waals surface area contributed by atoms with Gasteiger partial charge in [0.05, 0.1) is 5.69 Å². The van der Waals surface area contributed by atoms with Crippen molar-refractivity contribution in [2.75, 3.05) is 0 Å². The van der Waals surface area contributed by atoms with E-state index in [1.165, 1.54) is 0 Å². The number of aromatic nitrogens is 3. The molecule has 1 aliphatic carbocycles. The molecule has 128 valence electrons. The van der Waals surface area contributed by atoms with E-state index in [-0.39, 0.29) is 5.75 Å². The van der Waals surface area contributed by atoms with Crippen LogP contribution in [0.2, 0.25) is 0 Å². The number of rotatable bonds is 3. The second-order valence-electron chi connectivity index (χ2n) is 6.31. The van der Waals surface area contributed by atoms with Crippen molar-refractivity contribution in [2.24, 2.45) is 0 Å². The van der Waals surface area contributed by atoms with Crippen LogP contribution in [-0.2, 0) is 0 Å². The summed E-state index contributed by atoms with van der Waals surface area (Å²) in [6, 6.07) is 8.71. The fourth-order valence-electron chi connectivity index (χ4n) is 3.20. The molecule has 0 unspecified atom stereocenters. The third kappa shape index (κ3) is 3.24. The van der Waals surface area contributed by atoms with E-state index in [1.54, 1.807) is 30.6 Å².